The highest BCUT2D eigenvalue weighted by Crippen LogP contribution is 2.32. The van der Waals surface area contributed by atoms with E-state index in [-0.39, 0.29) is 0 Å². The minimum Gasteiger partial charge on any atom is -0.310 e. The van der Waals surface area contributed by atoms with E-state index in [4.69, 9.17) is 0 Å². The van der Waals surface area contributed by atoms with Crippen molar-refractivity contribution in [3.05, 3.63) is 41.5 Å². The first kappa shape index (κ1) is 11.9. The normalized spacial score (nSPS) is 25.2. The van der Waals surface area contributed by atoms with Gasteiger partial charge in [-0.3, -0.25) is 0 Å². The van der Waals surface area contributed by atoms with E-state index in [0.717, 1.165) is 6.54 Å². The Morgan fingerprint density at radius 1 is 1.28 bits per heavy atom. The number of rotatable bonds is 2. The van der Waals surface area contributed by atoms with Gasteiger partial charge in [0.15, 0.2) is 0 Å². The first-order chi connectivity index (χ1) is 8.84. The zero-order chi connectivity index (χ0) is 12.4. The molecular weight excluding hydrogens is 220 g/mol. The van der Waals surface area contributed by atoms with Gasteiger partial charge in [0, 0.05) is 19.1 Å². The molecule has 1 aromatic carbocycles. The molecule has 2 heterocycles. The lowest BCUT2D eigenvalue weighted by Crippen LogP contribution is -2.24. The van der Waals surface area contributed by atoms with Crippen LogP contribution in [0.4, 0.5) is 0 Å². The highest BCUT2D eigenvalue weighted by atomic mass is 15.1. The smallest absolute Gasteiger partial charge is 0.0326 e. The van der Waals surface area contributed by atoms with Crippen molar-refractivity contribution in [3.63, 3.8) is 0 Å². The molecule has 0 aromatic heterocycles. The van der Waals surface area contributed by atoms with Crippen LogP contribution in [0.2, 0.25) is 0 Å². The number of benzene rings is 1. The molecule has 1 fully saturated rings. The molecule has 1 atom stereocenters. The molecule has 96 valence electrons. The average Bonchev–Trinajstić information content (AvgIpc) is 2.93. The lowest BCUT2D eigenvalue weighted by molar-refractivity contribution is 0.370. The molecule has 1 unspecified atom stereocenters. The molecule has 1 saturated heterocycles. The van der Waals surface area contributed by atoms with Crippen LogP contribution in [0.1, 0.15) is 36.4 Å². The molecule has 1 aromatic rings. The molecule has 0 saturated carbocycles. The molecule has 18 heavy (non-hydrogen) atoms. The van der Waals surface area contributed by atoms with Gasteiger partial charge in [-0.1, -0.05) is 30.3 Å². The second-order valence-electron chi connectivity index (χ2n) is 5.48. The van der Waals surface area contributed by atoms with E-state index in [2.05, 4.69) is 47.6 Å². The van der Waals surface area contributed by atoms with Crippen molar-refractivity contribution in [2.75, 3.05) is 26.7 Å². The van der Waals surface area contributed by atoms with Gasteiger partial charge < -0.3 is 10.2 Å². The lowest BCUT2D eigenvalue weighted by Gasteiger charge is -2.24. The predicted molar refractivity (Wildman–Crippen MR) is 76.5 cm³/mol. The van der Waals surface area contributed by atoms with Crippen LogP contribution < -0.4 is 5.32 Å². The summed E-state index contributed by atoms with van der Waals surface area (Å²) in [6, 6.07) is 9.52. The Labute approximate surface area is 110 Å². The van der Waals surface area contributed by atoms with Gasteiger partial charge >= 0.3 is 0 Å². The molecule has 0 radical (unpaired) electrons. The minimum atomic E-state index is 0.571. The predicted octanol–water partition coefficient (Wildman–Crippen LogP) is 2.83. The summed E-state index contributed by atoms with van der Waals surface area (Å²) in [4.78, 5) is 2.37. The van der Waals surface area contributed by atoms with Crippen LogP contribution in [0, 0.1) is 0 Å². The summed E-state index contributed by atoms with van der Waals surface area (Å²) >= 11 is 0. The van der Waals surface area contributed by atoms with Crippen LogP contribution in [0.5, 0.6) is 0 Å². The standard InChI is InChI=1S/C16H22N2/c1-18-11-8-13(9-12-18)14-5-2-3-6-15(14)16-7-4-10-17-16/h2-3,5-6,8,16-17H,4,7,9-12H2,1H3. The fourth-order valence-corrected chi connectivity index (χ4v) is 3.06. The van der Waals surface area contributed by atoms with Gasteiger partial charge in [0.05, 0.1) is 0 Å². The van der Waals surface area contributed by atoms with E-state index < -0.39 is 0 Å². The van der Waals surface area contributed by atoms with Crippen molar-refractivity contribution < 1.29 is 0 Å². The van der Waals surface area contributed by atoms with E-state index >= 15 is 0 Å². The highest BCUT2D eigenvalue weighted by Gasteiger charge is 2.21. The lowest BCUT2D eigenvalue weighted by atomic mass is 9.91. The Kier molecular flexibility index (Phi) is 3.48. The molecule has 3 rings (SSSR count). The monoisotopic (exact) mass is 242 g/mol. The Hall–Kier alpha value is -1.12. The molecule has 2 aliphatic rings. The molecule has 0 aliphatic carbocycles. The van der Waals surface area contributed by atoms with Crippen LogP contribution >= 0.6 is 0 Å². The number of hydrogen-bond donors (Lipinski definition) is 1. The molecular formula is C16H22N2. The first-order valence-electron chi connectivity index (χ1n) is 7.05. The molecule has 2 aliphatic heterocycles. The topological polar surface area (TPSA) is 15.3 Å². The van der Waals surface area contributed by atoms with E-state index in [1.54, 1.807) is 0 Å². The fraction of sp³-hybridized carbons (Fsp3) is 0.500. The van der Waals surface area contributed by atoms with E-state index in [1.807, 2.05) is 0 Å². The zero-order valence-corrected chi connectivity index (χ0v) is 11.2. The summed E-state index contributed by atoms with van der Waals surface area (Å²) in [7, 11) is 2.19. The molecule has 2 nitrogen and oxygen atoms in total. The average molecular weight is 242 g/mol. The van der Waals surface area contributed by atoms with Crippen molar-refractivity contribution in [2.24, 2.45) is 0 Å². The van der Waals surface area contributed by atoms with Gasteiger partial charge in [-0.2, -0.15) is 0 Å². The van der Waals surface area contributed by atoms with Gasteiger partial charge in [0.1, 0.15) is 0 Å². The highest BCUT2D eigenvalue weighted by molar-refractivity contribution is 5.69. The maximum Gasteiger partial charge on any atom is 0.0326 e. The van der Waals surface area contributed by atoms with Crippen LogP contribution in [0.3, 0.4) is 0 Å². The summed E-state index contributed by atoms with van der Waals surface area (Å²) in [6.45, 7) is 3.43. The fourth-order valence-electron chi connectivity index (χ4n) is 3.06. The SMILES string of the molecule is CN1CC=C(c2ccccc2C2CCCN2)CC1. The van der Waals surface area contributed by atoms with Gasteiger partial charge in [0.2, 0.25) is 0 Å². The Balaban J connectivity index is 1.91. The summed E-state index contributed by atoms with van der Waals surface area (Å²) < 4.78 is 0. The van der Waals surface area contributed by atoms with Crippen LogP contribution in [-0.4, -0.2) is 31.6 Å². The van der Waals surface area contributed by atoms with Crippen molar-refractivity contribution in [1.29, 1.82) is 0 Å². The maximum atomic E-state index is 3.62. The van der Waals surface area contributed by atoms with Crippen molar-refractivity contribution in [2.45, 2.75) is 25.3 Å². The Bertz CT molecular complexity index is 444. The number of nitrogens with one attached hydrogen (secondary N) is 1. The largest absolute Gasteiger partial charge is 0.310 e. The molecule has 0 spiro atoms. The molecule has 0 amide bonds. The van der Waals surface area contributed by atoms with E-state index in [1.165, 1.54) is 49.1 Å². The second-order valence-corrected chi connectivity index (χ2v) is 5.48. The van der Waals surface area contributed by atoms with Crippen LogP contribution in [-0.2, 0) is 0 Å². The van der Waals surface area contributed by atoms with E-state index in [0.29, 0.717) is 6.04 Å². The third kappa shape index (κ3) is 2.36. The summed E-state index contributed by atoms with van der Waals surface area (Å²) in [6.07, 6.45) is 6.17. The third-order valence-electron chi connectivity index (χ3n) is 4.15. The molecule has 2 heteroatoms. The second kappa shape index (κ2) is 5.25. The van der Waals surface area contributed by atoms with Gasteiger partial charge in [0.25, 0.3) is 0 Å². The minimum absolute atomic E-state index is 0.571. The number of nitrogens with zero attached hydrogens (tertiary/aromatic N) is 1. The number of hydrogen-bond acceptors (Lipinski definition) is 2. The zero-order valence-electron chi connectivity index (χ0n) is 11.2. The molecule has 1 N–H and O–H groups in total. The first-order valence-corrected chi connectivity index (χ1v) is 7.05. The number of likely N-dealkylation sites (N-methyl/N-ethyl adjacent to an activating group) is 1. The summed E-state index contributed by atoms with van der Waals surface area (Å²) in [5, 5.41) is 3.62. The van der Waals surface area contributed by atoms with Gasteiger partial charge in [-0.25, -0.2) is 0 Å². The summed E-state index contributed by atoms with van der Waals surface area (Å²) in [5.74, 6) is 0. The molecule has 0 bridgehead atoms. The van der Waals surface area contributed by atoms with Gasteiger partial charge in [-0.15, -0.1) is 0 Å². The third-order valence-corrected chi connectivity index (χ3v) is 4.15. The Morgan fingerprint density at radius 2 is 2.17 bits per heavy atom. The maximum absolute atomic E-state index is 3.62. The van der Waals surface area contributed by atoms with Gasteiger partial charge in [-0.05, 0) is 49.6 Å². The van der Waals surface area contributed by atoms with Crippen molar-refractivity contribution in [1.82, 2.24) is 10.2 Å². The van der Waals surface area contributed by atoms with Crippen molar-refractivity contribution in [3.8, 4) is 0 Å². The van der Waals surface area contributed by atoms with E-state index in [9.17, 15) is 0 Å². The quantitative estimate of drug-likeness (QED) is 0.858. The van der Waals surface area contributed by atoms with Crippen LogP contribution in [0.15, 0.2) is 30.3 Å². The van der Waals surface area contributed by atoms with Crippen molar-refractivity contribution >= 4 is 5.57 Å². The summed E-state index contributed by atoms with van der Waals surface area (Å²) in [5.41, 5.74) is 4.52. The van der Waals surface area contributed by atoms with Crippen LogP contribution in [0.25, 0.3) is 5.57 Å². The Morgan fingerprint density at radius 3 is 2.89 bits per heavy atom.